The number of likely N-dealkylation sites (tertiary alicyclic amines) is 1. The van der Waals surface area contributed by atoms with E-state index in [-0.39, 0.29) is 42.4 Å². The number of aliphatic hydroxyl groups excluding tert-OH is 1. The molecule has 3 amide bonds. The topological polar surface area (TPSA) is 90.4 Å². The molecule has 3 aliphatic heterocycles. The standard InChI is InChI=1S/C31H49N3O5/c1-6-16-32(17-7-2)28(36)25-24-14-15-31(39-24)26(25)29(37)34(23(20-35)19-21(4)5)27(31)30(38)33(18-8-3)22-12-10-9-11-13-22/h6,8,21-27,35H,1,3,7,9-20H2,2,4-5H3/t23-,24+,25-,26+,27?,31?/m1/s1. The van der Waals surface area contributed by atoms with Crippen LogP contribution in [0.1, 0.15) is 78.6 Å². The van der Waals surface area contributed by atoms with Crippen molar-refractivity contribution in [3.8, 4) is 0 Å². The van der Waals surface area contributed by atoms with Gasteiger partial charge in [-0.3, -0.25) is 14.4 Å². The van der Waals surface area contributed by atoms with E-state index in [4.69, 9.17) is 4.74 Å². The molecule has 39 heavy (non-hydrogen) atoms. The Morgan fingerprint density at radius 2 is 1.82 bits per heavy atom. The minimum atomic E-state index is -1.05. The van der Waals surface area contributed by atoms with Gasteiger partial charge >= 0.3 is 0 Å². The van der Waals surface area contributed by atoms with Gasteiger partial charge in [-0.15, -0.1) is 13.2 Å². The summed E-state index contributed by atoms with van der Waals surface area (Å²) in [5, 5.41) is 10.5. The van der Waals surface area contributed by atoms with Gasteiger partial charge in [-0.25, -0.2) is 0 Å². The van der Waals surface area contributed by atoms with E-state index in [2.05, 4.69) is 27.0 Å². The number of carbonyl (C=O) groups excluding carboxylic acids is 3. The van der Waals surface area contributed by atoms with Crippen LogP contribution >= 0.6 is 0 Å². The molecule has 0 aromatic rings. The summed E-state index contributed by atoms with van der Waals surface area (Å²) in [6, 6.07) is -1.27. The zero-order chi connectivity index (χ0) is 28.3. The summed E-state index contributed by atoms with van der Waals surface area (Å²) in [5.41, 5.74) is -1.05. The number of ether oxygens (including phenoxy) is 1. The van der Waals surface area contributed by atoms with Crippen LogP contribution in [0.3, 0.4) is 0 Å². The molecule has 0 radical (unpaired) electrons. The second-order valence-corrected chi connectivity index (χ2v) is 12.4. The molecule has 4 rings (SSSR count). The van der Waals surface area contributed by atoms with Crippen LogP contribution < -0.4 is 0 Å². The lowest BCUT2D eigenvalue weighted by atomic mass is 9.70. The molecule has 3 saturated heterocycles. The van der Waals surface area contributed by atoms with Gasteiger partial charge in [0.2, 0.25) is 17.7 Å². The number of amides is 3. The Morgan fingerprint density at radius 1 is 1.13 bits per heavy atom. The van der Waals surface area contributed by atoms with Gasteiger partial charge in [0.25, 0.3) is 0 Å². The minimum absolute atomic E-state index is 0.0886. The molecule has 8 nitrogen and oxygen atoms in total. The van der Waals surface area contributed by atoms with Crippen molar-refractivity contribution in [2.75, 3.05) is 26.2 Å². The van der Waals surface area contributed by atoms with Gasteiger partial charge in [0.15, 0.2) is 0 Å². The Balaban J connectivity index is 1.77. The van der Waals surface area contributed by atoms with E-state index in [1.54, 1.807) is 22.0 Å². The van der Waals surface area contributed by atoms with Crippen LogP contribution in [-0.4, -0.2) is 93.6 Å². The second kappa shape index (κ2) is 12.5. The maximum Gasteiger partial charge on any atom is 0.248 e. The average Bonchev–Trinajstić information content (AvgIpc) is 3.57. The van der Waals surface area contributed by atoms with Gasteiger partial charge in [-0.05, 0) is 44.4 Å². The highest BCUT2D eigenvalue weighted by Gasteiger charge is 2.75. The molecule has 1 spiro atoms. The van der Waals surface area contributed by atoms with Crippen molar-refractivity contribution in [2.45, 2.75) is 108 Å². The molecule has 0 aromatic heterocycles. The SMILES string of the molecule is C=CCN(CCC)C(=O)[C@@H]1[C@@H]2CCC3(O2)C(C(=O)N(CC=C)C2CCCCC2)N([C@@H](CO)CC(C)C)C(=O)[C@H]13. The fourth-order valence-corrected chi connectivity index (χ4v) is 7.90. The predicted octanol–water partition coefficient (Wildman–Crippen LogP) is 3.54. The van der Waals surface area contributed by atoms with E-state index < -0.39 is 29.5 Å². The maximum absolute atomic E-state index is 14.7. The lowest BCUT2D eigenvalue weighted by molar-refractivity contribution is -0.154. The van der Waals surface area contributed by atoms with Crippen LogP contribution in [0.4, 0.5) is 0 Å². The molecule has 0 aromatic carbocycles. The number of hydrogen-bond acceptors (Lipinski definition) is 5. The summed E-state index contributed by atoms with van der Waals surface area (Å²) in [6.45, 7) is 15.0. The summed E-state index contributed by atoms with van der Waals surface area (Å²) >= 11 is 0. The van der Waals surface area contributed by atoms with Crippen molar-refractivity contribution in [3.63, 3.8) is 0 Å². The van der Waals surface area contributed by atoms with Gasteiger partial charge in [-0.1, -0.05) is 52.2 Å². The molecule has 3 heterocycles. The van der Waals surface area contributed by atoms with Crippen LogP contribution in [0.25, 0.3) is 0 Å². The fraction of sp³-hybridized carbons (Fsp3) is 0.774. The van der Waals surface area contributed by atoms with Crippen LogP contribution in [0, 0.1) is 17.8 Å². The number of rotatable bonds is 13. The molecule has 1 N–H and O–H groups in total. The molecule has 6 atom stereocenters. The van der Waals surface area contributed by atoms with Crippen LogP contribution in [-0.2, 0) is 19.1 Å². The second-order valence-electron chi connectivity index (χ2n) is 12.4. The highest BCUT2D eigenvalue weighted by molar-refractivity contribution is 5.99. The van der Waals surface area contributed by atoms with Gasteiger partial charge in [0.1, 0.15) is 11.6 Å². The van der Waals surface area contributed by atoms with E-state index >= 15 is 0 Å². The number of nitrogens with zero attached hydrogens (tertiary/aromatic N) is 3. The summed E-state index contributed by atoms with van der Waals surface area (Å²) in [4.78, 5) is 48.4. The minimum Gasteiger partial charge on any atom is -0.394 e. The predicted molar refractivity (Wildman–Crippen MR) is 151 cm³/mol. The number of hydrogen-bond donors (Lipinski definition) is 1. The Bertz CT molecular complexity index is 931. The molecule has 2 unspecified atom stereocenters. The van der Waals surface area contributed by atoms with E-state index in [0.717, 1.165) is 32.1 Å². The molecule has 1 saturated carbocycles. The average molecular weight is 544 g/mol. The third-order valence-electron chi connectivity index (χ3n) is 9.38. The summed E-state index contributed by atoms with van der Waals surface area (Å²) in [6.07, 6.45) is 10.9. The summed E-state index contributed by atoms with van der Waals surface area (Å²) in [5.74, 6) is -1.56. The Hall–Kier alpha value is -2.19. The van der Waals surface area contributed by atoms with Crippen molar-refractivity contribution in [1.82, 2.24) is 14.7 Å². The van der Waals surface area contributed by atoms with Gasteiger partial charge in [0, 0.05) is 25.7 Å². The third-order valence-corrected chi connectivity index (χ3v) is 9.38. The van der Waals surface area contributed by atoms with Crippen molar-refractivity contribution in [2.24, 2.45) is 17.8 Å². The lowest BCUT2D eigenvalue weighted by Gasteiger charge is -2.42. The molecule has 4 fully saturated rings. The summed E-state index contributed by atoms with van der Waals surface area (Å²) < 4.78 is 6.68. The van der Waals surface area contributed by atoms with Crippen molar-refractivity contribution < 1.29 is 24.2 Å². The number of carbonyl (C=O) groups is 3. The molecular formula is C31H49N3O5. The summed E-state index contributed by atoms with van der Waals surface area (Å²) in [7, 11) is 0. The zero-order valence-corrected chi connectivity index (χ0v) is 24.2. The van der Waals surface area contributed by atoms with Crippen LogP contribution in [0.5, 0.6) is 0 Å². The first-order valence-electron chi connectivity index (χ1n) is 15.2. The molecule has 4 aliphatic rings. The van der Waals surface area contributed by atoms with Crippen LogP contribution in [0.2, 0.25) is 0 Å². The first-order valence-corrected chi connectivity index (χ1v) is 15.2. The highest BCUT2D eigenvalue weighted by atomic mass is 16.5. The van der Waals surface area contributed by atoms with Crippen molar-refractivity contribution in [3.05, 3.63) is 25.3 Å². The monoisotopic (exact) mass is 543 g/mol. The lowest BCUT2D eigenvalue weighted by Crippen LogP contribution is -2.60. The first kappa shape index (κ1) is 29.8. The van der Waals surface area contributed by atoms with Gasteiger partial charge in [-0.2, -0.15) is 0 Å². The Labute approximate surface area is 234 Å². The highest BCUT2D eigenvalue weighted by Crippen LogP contribution is 2.59. The van der Waals surface area contributed by atoms with Crippen LogP contribution in [0.15, 0.2) is 25.3 Å². The van der Waals surface area contributed by atoms with Crippen molar-refractivity contribution in [1.29, 1.82) is 0 Å². The third kappa shape index (κ3) is 5.31. The maximum atomic E-state index is 14.7. The Kier molecular flexibility index (Phi) is 9.58. The van der Waals surface area contributed by atoms with Crippen molar-refractivity contribution >= 4 is 17.7 Å². The molecule has 1 aliphatic carbocycles. The van der Waals surface area contributed by atoms with E-state index in [1.165, 1.54) is 6.42 Å². The first-order chi connectivity index (χ1) is 18.7. The number of aliphatic hydroxyl groups is 1. The van der Waals surface area contributed by atoms with Gasteiger partial charge < -0.3 is 24.5 Å². The molecule has 218 valence electrons. The molecule has 8 heteroatoms. The van der Waals surface area contributed by atoms with E-state index in [0.29, 0.717) is 38.9 Å². The quantitative estimate of drug-likeness (QED) is 0.359. The zero-order valence-electron chi connectivity index (χ0n) is 24.2. The number of fused-ring (bicyclic) bond motifs is 1. The Morgan fingerprint density at radius 3 is 2.41 bits per heavy atom. The van der Waals surface area contributed by atoms with E-state index in [9.17, 15) is 19.5 Å². The fourth-order valence-electron chi connectivity index (χ4n) is 7.90. The normalized spacial score (nSPS) is 30.9. The molecule has 2 bridgehead atoms. The van der Waals surface area contributed by atoms with Gasteiger partial charge in [0.05, 0.1) is 30.6 Å². The largest absolute Gasteiger partial charge is 0.394 e. The molecular weight excluding hydrogens is 494 g/mol. The smallest absolute Gasteiger partial charge is 0.248 e. The van der Waals surface area contributed by atoms with E-state index in [1.807, 2.05) is 11.8 Å².